The zero-order valence-electron chi connectivity index (χ0n) is 17.6. The van der Waals surface area contributed by atoms with E-state index in [1.807, 2.05) is 38.7 Å². The molecule has 0 bridgehead atoms. The van der Waals surface area contributed by atoms with Crippen molar-refractivity contribution in [2.24, 2.45) is 5.92 Å². The second-order valence-electron chi connectivity index (χ2n) is 9.01. The Morgan fingerprint density at radius 3 is 2.52 bits per heavy atom. The van der Waals surface area contributed by atoms with Crippen LogP contribution in [0.15, 0.2) is 12.1 Å². The van der Waals surface area contributed by atoms with Crippen LogP contribution in [-0.4, -0.2) is 47.0 Å². The molecule has 1 aromatic carbocycles. The van der Waals surface area contributed by atoms with Crippen LogP contribution in [0, 0.1) is 5.92 Å². The standard InChI is InChI=1S/C22H30Cl2N2O3/c1-14-19-16(12-17(23)13-18(19)24)8-11-26(14)20(27)15-6-5-9-25(10-7-15)21(28)29-22(2,3)4/h12-15H,5-11H2,1-4H3/t14-,15?/m0/s1. The maximum Gasteiger partial charge on any atom is 0.410 e. The second kappa shape index (κ2) is 8.73. The lowest BCUT2D eigenvalue weighted by molar-refractivity contribution is -0.138. The largest absolute Gasteiger partial charge is 0.444 e. The molecule has 0 aliphatic carbocycles. The van der Waals surface area contributed by atoms with Gasteiger partial charge in [0.1, 0.15) is 5.60 Å². The number of ether oxygens (including phenoxy) is 1. The highest BCUT2D eigenvalue weighted by atomic mass is 35.5. The molecule has 2 amide bonds. The molecule has 0 N–H and O–H groups in total. The number of benzene rings is 1. The molecule has 2 heterocycles. The lowest BCUT2D eigenvalue weighted by atomic mass is 9.90. The molecule has 29 heavy (non-hydrogen) atoms. The van der Waals surface area contributed by atoms with Crippen molar-refractivity contribution < 1.29 is 14.3 Å². The third-order valence-corrected chi connectivity index (χ3v) is 6.23. The molecule has 2 aliphatic heterocycles. The summed E-state index contributed by atoms with van der Waals surface area (Å²) in [7, 11) is 0. The molecule has 2 aliphatic rings. The van der Waals surface area contributed by atoms with Crippen LogP contribution in [0.1, 0.15) is 64.1 Å². The number of halogens is 2. The summed E-state index contributed by atoms with van der Waals surface area (Å²) in [5, 5.41) is 1.25. The van der Waals surface area contributed by atoms with Crippen molar-refractivity contribution in [2.45, 2.75) is 65.0 Å². The summed E-state index contributed by atoms with van der Waals surface area (Å²) in [6, 6.07) is 3.61. The SMILES string of the molecule is C[C@H]1c2c(Cl)cc(Cl)cc2CCN1C(=O)C1CCCN(C(=O)OC(C)(C)C)CC1. The molecular formula is C22H30Cl2N2O3. The number of carbonyl (C=O) groups is 2. The molecule has 0 saturated carbocycles. The minimum absolute atomic E-state index is 0.0822. The van der Waals surface area contributed by atoms with Gasteiger partial charge in [0, 0.05) is 35.6 Å². The van der Waals surface area contributed by atoms with Crippen molar-refractivity contribution in [1.82, 2.24) is 9.80 Å². The zero-order valence-corrected chi connectivity index (χ0v) is 19.1. The molecule has 1 saturated heterocycles. The van der Waals surface area contributed by atoms with Crippen molar-refractivity contribution >= 4 is 35.2 Å². The molecule has 1 fully saturated rings. The van der Waals surface area contributed by atoms with Crippen LogP contribution in [0.4, 0.5) is 4.79 Å². The summed E-state index contributed by atoms with van der Waals surface area (Å²) in [6.07, 6.45) is 2.69. The van der Waals surface area contributed by atoms with Gasteiger partial charge in [0.25, 0.3) is 0 Å². The van der Waals surface area contributed by atoms with Crippen LogP contribution >= 0.6 is 23.2 Å². The van der Waals surface area contributed by atoms with Gasteiger partial charge in [-0.1, -0.05) is 23.2 Å². The Hall–Kier alpha value is -1.46. The quantitative estimate of drug-likeness (QED) is 0.580. The first kappa shape index (κ1) is 22.2. The van der Waals surface area contributed by atoms with Gasteiger partial charge in [-0.2, -0.15) is 0 Å². The highest BCUT2D eigenvalue weighted by Gasteiger charge is 2.35. The predicted molar refractivity (Wildman–Crippen MR) is 115 cm³/mol. The fraction of sp³-hybridized carbons (Fsp3) is 0.636. The number of fused-ring (bicyclic) bond motifs is 1. The van der Waals surface area contributed by atoms with E-state index in [9.17, 15) is 9.59 Å². The number of nitrogens with zero attached hydrogens (tertiary/aromatic N) is 2. The van der Waals surface area contributed by atoms with E-state index in [-0.39, 0.29) is 24.0 Å². The van der Waals surface area contributed by atoms with Crippen molar-refractivity contribution in [3.8, 4) is 0 Å². The Labute approximate surface area is 183 Å². The van der Waals surface area contributed by atoms with E-state index in [1.165, 1.54) is 0 Å². The average Bonchev–Trinajstić information content (AvgIpc) is 2.85. The lowest BCUT2D eigenvalue weighted by Gasteiger charge is -2.38. The fourth-order valence-corrected chi connectivity index (χ4v) is 4.98. The Balaban J connectivity index is 1.67. The number of hydrogen-bond donors (Lipinski definition) is 0. The maximum absolute atomic E-state index is 13.3. The monoisotopic (exact) mass is 440 g/mol. The van der Waals surface area contributed by atoms with E-state index in [0.29, 0.717) is 36.1 Å². The molecule has 7 heteroatoms. The van der Waals surface area contributed by atoms with Gasteiger partial charge in [0.15, 0.2) is 0 Å². The Bertz CT molecular complexity index is 791. The summed E-state index contributed by atoms with van der Waals surface area (Å²) in [6.45, 7) is 9.45. The number of hydrogen-bond acceptors (Lipinski definition) is 3. The minimum atomic E-state index is -0.516. The highest BCUT2D eigenvalue weighted by molar-refractivity contribution is 6.35. The van der Waals surface area contributed by atoms with Crippen LogP contribution in [0.2, 0.25) is 10.0 Å². The van der Waals surface area contributed by atoms with Gasteiger partial charge in [-0.15, -0.1) is 0 Å². The normalized spacial score (nSPS) is 22.7. The Morgan fingerprint density at radius 2 is 1.83 bits per heavy atom. The summed E-state index contributed by atoms with van der Waals surface area (Å²) in [5.74, 6) is 0.0673. The van der Waals surface area contributed by atoms with E-state index in [1.54, 1.807) is 11.0 Å². The maximum atomic E-state index is 13.3. The summed E-state index contributed by atoms with van der Waals surface area (Å²) in [4.78, 5) is 29.4. The second-order valence-corrected chi connectivity index (χ2v) is 9.86. The fourth-order valence-electron chi connectivity index (χ4n) is 4.29. The first-order valence-electron chi connectivity index (χ1n) is 10.3. The van der Waals surface area contributed by atoms with Gasteiger partial charge < -0.3 is 14.5 Å². The van der Waals surface area contributed by atoms with Gasteiger partial charge in [-0.3, -0.25) is 4.79 Å². The van der Waals surface area contributed by atoms with Crippen LogP contribution in [0.5, 0.6) is 0 Å². The molecule has 0 aromatic heterocycles. The van der Waals surface area contributed by atoms with E-state index in [0.717, 1.165) is 30.4 Å². The Morgan fingerprint density at radius 1 is 1.10 bits per heavy atom. The molecular weight excluding hydrogens is 411 g/mol. The molecule has 3 rings (SSSR count). The van der Waals surface area contributed by atoms with Gasteiger partial charge in [-0.25, -0.2) is 4.79 Å². The first-order chi connectivity index (χ1) is 13.6. The molecule has 0 radical (unpaired) electrons. The van der Waals surface area contributed by atoms with Gasteiger partial charge in [0.05, 0.1) is 6.04 Å². The van der Waals surface area contributed by atoms with Crippen molar-refractivity contribution in [1.29, 1.82) is 0 Å². The number of carbonyl (C=O) groups excluding carboxylic acids is 2. The van der Waals surface area contributed by atoms with Crippen LogP contribution in [0.3, 0.4) is 0 Å². The third kappa shape index (κ3) is 5.18. The number of rotatable bonds is 1. The summed E-state index contributed by atoms with van der Waals surface area (Å²) < 4.78 is 5.49. The zero-order chi connectivity index (χ0) is 21.3. The predicted octanol–water partition coefficient (Wildman–Crippen LogP) is 5.48. The lowest BCUT2D eigenvalue weighted by Crippen LogP contribution is -2.42. The van der Waals surface area contributed by atoms with Crippen LogP contribution in [0.25, 0.3) is 0 Å². The van der Waals surface area contributed by atoms with E-state index < -0.39 is 5.60 Å². The van der Waals surface area contributed by atoms with Crippen LogP contribution < -0.4 is 0 Å². The van der Waals surface area contributed by atoms with Gasteiger partial charge in [-0.05, 0) is 76.6 Å². The van der Waals surface area contributed by atoms with Gasteiger partial charge in [0.2, 0.25) is 5.91 Å². The smallest absolute Gasteiger partial charge is 0.410 e. The van der Waals surface area contributed by atoms with Crippen molar-refractivity contribution in [2.75, 3.05) is 19.6 Å². The van der Waals surface area contributed by atoms with Crippen LogP contribution in [-0.2, 0) is 16.0 Å². The molecule has 1 aromatic rings. The first-order valence-corrected chi connectivity index (χ1v) is 11.1. The van der Waals surface area contributed by atoms with E-state index >= 15 is 0 Å². The third-order valence-electron chi connectivity index (χ3n) is 5.70. The molecule has 0 spiro atoms. The van der Waals surface area contributed by atoms with Crippen molar-refractivity contribution in [3.05, 3.63) is 33.3 Å². The molecule has 2 atom stereocenters. The summed E-state index contributed by atoms with van der Waals surface area (Å²) in [5.41, 5.74) is 1.60. The van der Waals surface area contributed by atoms with Crippen molar-refractivity contribution in [3.63, 3.8) is 0 Å². The molecule has 1 unspecified atom stereocenters. The number of likely N-dealkylation sites (tertiary alicyclic amines) is 1. The summed E-state index contributed by atoms with van der Waals surface area (Å²) >= 11 is 12.6. The average molecular weight is 441 g/mol. The van der Waals surface area contributed by atoms with E-state index in [4.69, 9.17) is 27.9 Å². The molecule has 160 valence electrons. The van der Waals surface area contributed by atoms with E-state index in [2.05, 4.69) is 0 Å². The Kier molecular flexibility index (Phi) is 6.69. The minimum Gasteiger partial charge on any atom is -0.444 e. The number of amides is 2. The van der Waals surface area contributed by atoms with Gasteiger partial charge >= 0.3 is 6.09 Å². The topological polar surface area (TPSA) is 49.9 Å². The highest BCUT2D eigenvalue weighted by Crippen LogP contribution is 2.38. The molecule has 5 nitrogen and oxygen atoms in total.